The molecular formula is C12H11Cl2N3OS. The van der Waals surface area contributed by atoms with Gasteiger partial charge in [-0.15, -0.1) is 11.3 Å². The van der Waals surface area contributed by atoms with Crippen LogP contribution in [0.4, 0.5) is 5.69 Å². The highest BCUT2D eigenvalue weighted by Crippen LogP contribution is 2.23. The van der Waals surface area contributed by atoms with Gasteiger partial charge in [0.25, 0.3) is 5.91 Å². The summed E-state index contributed by atoms with van der Waals surface area (Å²) in [6.45, 7) is 0.512. The van der Waals surface area contributed by atoms with Crippen LogP contribution in [0.2, 0.25) is 10.0 Å². The van der Waals surface area contributed by atoms with E-state index < -0.39 is 0 Å². The van der Waals surface area contributed by atoms with Crippen LogP contribution in [0.5, 0.6) is 0 Å². The van der Waals surface area contributed by atoms with Crippen LogP contribution in [0.3, 0.4) is 0 Å². The maximum Gasteiger partial charge on any atom is 0.275 e. The number of nitrogens with one attached hydrogen (secondary N) is 1. The van der Waals surface area contributed by atoms with Crippen LogP contribution in [0.15, 0.2) is 23.6 Å². The molecule has 0 atom stereocenters. The van der Waals surface area contributed by atoms with Crippen LogP contribution in [-0.4, -0.2) is 17.4 Å². The molecule has 0 aliphatic heterocycles. The fraction of sp³-hybridized carbons (Fsp3) is 0.167. The van der Waals surface area contributed by atoms with Crippen molar-refractivity contribution in [3.63, 3.8) is 0 Å². The monoisotopic (exact) mass is 315 g/mol. The average molecular weight is 316 g/mol. The van der Waals surface area contributed by atoms with E-state index in [9.17, 15) is 4.79 Å². The van der Waals surface area contributed by atoms with E-state index in [2.05, 4.69) is 10.3 Å². The second-order valence-corrected chi connectivity index (χ2v) is 5.59. The summed E-state index contributed by atoms with van der Waals surface area (Å²) < 4.78 is 0. The van der Waals surface area contributed by atoms with Crippen molar-refractivity contribution in [2.24, 2.45) is 5.73 Å². The minimum absolute atomic E-state index is 0.294. The van der Waals surface area contributed by atoms with Gasteiger partial charge in [0.2, 0.25) is 0 Å². The molecule has 2 aromatic rings. The molecule has 0 aliphatic carbocycles. The molecule has 2 rings (SSSR count). The Labute approximate surface area is 124 Å². The second kappa shape index (κ2) is 6.34. The number of carbonyl (C=O) groups is 1. The summed E-state index contributed by atoms with van der Waals surface area (Å²) in [6, 6.07) is 4.85. The van der Waals surface area contributed by atoms with E-state index in [1.807, 2.05) is 0 Å². The van der Waals surface area contributed by atoms with E-state index in [1.165, 1.54) is 11.3 Å². The van der Waals surface area contributed by atoms with Crippen molar-refractivity contribution in [1.82, 2.24) is 4.98 Å². The van der Waals surface area contributed by atoms with Crippen LogP contribution in [0, 0.1) is 0 Å². The van der Waals surface area contributed by atoms with E-state index >= 15 is 0 Å². The molecule has 0 unspecified atom stereocenters. The smallest absolute Gasteiger partial charge is 0.275 e. The topological polar surface area (TPSA) is 68.0 Å². The summed E-state index contributed by atoms with van der Waals surface area (Å²) in [5, 5.41) is 6.17. The van der Waals surface area contributed by atoms with Crippen molar-refractivity contribution in [2.45, 2.75) is 6.42 Å². The third-order valence-corrected chi connectivity index (χ3v) is 3.61. The molecule has 1 amide bonds. The molecule has 0 fully saturated rings. The molecule has 1 aromatic heterocycles. The Bertz CT molecular complexity index is 580. The molecule has 0 spiro atoms. The van der Waals surface area contributed by atoms with Gasteiger partial charge in [0.05, 0.1) is 5.01 Å². The Hall–Kier alpha value is -1.14. The predicted octanol–water partition coefficient (Wildman–Crippen LogP) is 3.20. The van der Waals surface area contributed by atoms with Gasteiger partial charge in [-0.25, -0.2) is 4.98 Å². The third-order valence-electron chi connectivity index (χ3n) is 2.26. The molecule has 3 N–H and O–H groups in total. The molecule has 1 aromatic carbocycles. The Morgan fingerprint density at radius 3 is 2.63 bits per heavy atom. The number of carbonyl (C=O) groups excluding carboxylic acids is 1. The van der Waals surface area contributed by atoms with Gasteiger partial charge in [0.15, 0.2) is 0 Å². The molecule has 1 heterocycles. The largest absolute Gasteiger partial charge is 0.330 e. The van der Waals surface area contributed by atoms with Crippen LogP contribution in [0.1, 0.15) is 15.5 Å². The van der Waals surface area contributed by atoms with Gasteiger partial charge in [0, 0.05) is 27.5 Å². The minimum Gasteiger partial charge on any atom is -0.330 e. The molecule has 100 valence electrons. The van der Waals surface area contributed by atoms with E-state index in [0.717, 1.165) is 5.01 Å². The fourth-order valence-corrected chi connectivity index (χ4v) is 2.79. The lowest BCUT2D eigenvalue weighted by Crippen LogP contribution is -2.12. The number of amides is 1. The van der Waals surface area contributed by atoms with E-state index in [1.54, 1.807) is 23.6 Å². The Morgan fingerprint density at radius 1 is 1.32 bits per heavy atom. The molecule has 19 heavy (non-hydrogen) atoms. The van der Waals surface area contributed by atoms with Crippen molar-refractivity contribution in [2.75, 3.05) is 11.9 Å². The number of thiazole rings is 1. The number of hydrogen-bond acceptors (Lipinski definition) is 4. The molecule has 0 radical (unpaired) electrons. The first-order valence-corrected chi connectivity index (χ1v) is 7.14. The molecule has 4 nitrogen and oxygen atoms in total. The highest BCUT2D eigenvalue weighted by atomic mass is 35.5. The number of benzene rings is 1. The fourth-order valence-electron chi connectivity index (χ4n) is 1.47. The predicted molar refractivity (Wildman–Crippen MR) is 79.3 cm³/mol. The summed E-state index contributed by atoms with van der Waals surface area (Å²) in [4.78, 5) is 16.2. The van der Waals surface area contributed by atoms with Crippen molar-refractivity contribution >= 4 is 46.1 Å². The number of nitrogens with zero attached hydrogens (tertiary/aromatic N) is 1. The quantitative estimate of drug-likeness (QED) is 0.910. The van der Waals surface area contributed by atoms with Gasteiger partial charge >= 0.3 is 0 Å². The zero-order valence-corrected chi connectivity index (χ0v) is 12.1. The Morgan fingerprint density at radius 2 is 2.00 bits per heavy atom. The van der Waals surface area contributed by atoms with E-state index in [4.69, 9.17) is 28.9 Å². The number of hydrogen-bond donors (Lipinski definition) is 2. The van der Waals surface area contributed by atoms with Crippen molar-refractivity contribution in [3.05, 3.63) is 44.3 Å². The van der Waals surface area contributed by atoms with Gasteiger partial charge in [-0.05, 0) is 24.7 Å². The van der Waals surface area contributed by atoms with Crippen LogP contribution in [0.25, 0.3) is 0 Å². The zero-order valence-electron chi connectivity index (χ0n) is 9.82. The molecule has 0 saturated heterocycles. The van der Waals surface area contributed by atoms with Crippen molar-refractivity contribution in [1.29, 1.82) is 0 Å². The lowest BCUT2D eigenvalue weighted by molar-refractivity contribution is 0.102. The third kappa shape index (κ3) is 3.91. The molecule has 7 heteroatoms. The van der Waals surface area contributed by atoms with Gasteiger partial charge in [0.1, 0.15) is 5.69 Å². The lowest BCUT2D eigenvalue weighted by atomic mass is 10.3. The summed E-state index contributed by atoms with van der Waals surface area (Å²) in [5.74, 6) is -0.294. The molecule has 0 aliphatic rings. The number of rotatable bonds is 4. The van der Waals surface area contributed by atoms with Gasteiger partial charge < -0.3 is 11.1 Å². The summed E-state index contributed by atoms with van der Waals surface area (Å²) in [6.07, 6.45) is 0.668. The second-order valence-electron chi connectivity index (χ2n) is 3.78. The van der Waals surface area contributed by atoms with Crippen LogP contribution in [-0.2, 0) is 6.42 Å². The summed E-state index contributed by atoms with van der Waals surface area (Å²) in [5.41, 5.74) is 6.34. The number of halogens is 2. The first-order valence-electron chi connectivity index (χ1n) is 5.50. The first-order chi connectivity index (χ1) is 9.08. The number of anilines is 1. The lowest BCUT2D eigenvalue weighted by Gasteiger charge is -2.04. The normalized spacial score (nSPS) is 10.5. The van der Waals surface area contributed by atoms with E-state index in [0.29, 0.717) is 34.4 Å². The highest BCUT2D eigenvalue weighted by molar-refractivity contribution is 7.09. The van der Waals surface area contributed by atoms with Crippen molar-refractivity contribution in [3.8, 4) is 0 Å². The Balaban J connectivity index is 2.11. The van der Waals surface area contributed by atoms with E-state index in [-0.39, 0.29) is 5.91 Å². The standard InChI is InChI=1S/C12H11Cl2N3OS/c13-7-3-8(14)5-9(4-7)16-12(18)10-6-19-11(17-10)1-2-15/h3-6H,1-2,15H2,(H,16,18). The molecule has 0 saturated carbocycles. The average Bonchev–Trinajstić information content (AvgIpc) is 2.76. The van der Waals surface area contributed by atoms with Crippen LogP contribution < -0.4 is 11.1 Å². The number of aromatic nitrogens is 1. The molecular weight excluding hydrogens is 305 g/mol. The van der Waals surface area contributed by atoms with Gasteiger partial charge in [-0.1, -0.05) is 23.2 Å². The Kier molecular flexibility index (Phi) is 4.76. The SMILES string of the molecule is NCCc1nc(C(=O)Nc2cc(Cl)cc(Cl)c2)cs1. The number of nitrogens with two attached hydrogens (primary N) is 1. The van der Waals surface area contributed by atoms with Gasteiger partial charge in [-0.2, -0.15) is 0 Å². The molecule has 0 bridgehead atoms. The summed E-state index contributed by atoms with van der Waals surface area (Å²) >= 11 is 13.1. The van der Waals surface area contributed by atoms with Crippen molar-refractivity contribution < 1.29 is 4.79 Å². The minimum atomic E-state index is -0.294. The first kappa shape index (κ1) is 14.3. The maximum absolute atomic E-state index is 12.0. The summed E-state index contributed by atoms with van der Waals surface area (Å²) in [7, 11) is 0. The highest BCUT2D eigenvalue weighted by Gasteiger charge is 2.11. The van der Waals surface area contributed by atoms with Gasteiger partial charge in [-0.3, -0.25) is 4.79 Å². The maximum atomic E-state index is 12.0. The van der Waals surface area contributed by atoms with Crippen LogP contribution >= 0.6 is 34.5 Å². The zero-order chi connectivity index (χ0) is 13.8.